The van der Waals surface area contributed by atoms with E-state index in [0.717, 1.165) is 11.5 Å². The van der Waals surface area contributed by atoms with Crippen LogP contribution in [-0.2, 0) is 11.3 Å². The molecule has 0 fully saturated rings. The van der Waals surface area contributed by atoms with Gasteiger partial charge in [-0.3, -0.25) is 4.79 Å². The Bertz CT molecular complexity index is 328. The number of hydrogen-bond donors (Lipinski definition) is 1. The number of nitrogens with one attached hydrogen (secondary N) is 1. The molecule has 5 heteroatoms. The van der Waals surface area contributed by atoms with E-state index in [0.29, 0.717) is 6.54 Å². The van der Waals surface area contributed by atoms with Gasteiger partial charge in [-0.1, -0.05) is 15.9 Å². The van der Waals surface area contributed by atoms with E-state index >= 15 is 0 Å². The van der Waals surface area contributed by atoms with Crippen molar-refractivity contribution in [3.8, 4) is 0 Å². The summed E-state index contributed by atoms with van der Waals surface area (Å²) in [5.74, 6) is 0.664. The largest absolute Gasteiger partial charge is 0.448 e. The van der Waals surface area contributed by atoms with Gasteiger partial charge in [0.1, 0.15) is 11.5 Å². The summed E-state index contributed by atoms with van der Waals surface area (Å²) in [5, 5.41) is 2.76. The fraction of sp³-hybridized carbons (Fsp3) is 0.556. The van der Waals surface area contributed by atoms with Crippen LogP contribution in [0, 0.1) is 6.92 Å². The fourth-order valence-corrected chi connectivity index (χ4v) is 1.01. The molecule has 0 aliphatic rings. The highest BCUT2D eigenvalue weighted by molar-refractivity contribution is 9.10. The second-order valence-electron chi connectivity index (χ2n) is 3.51. The summed E-state index contributed by atoms with van der Waals surface area (Å²) in [6.45, 7) is 5.79. The average Bonchev–Trinajstić information content (AvgIpc) is 2.45. The van der Waals surface area contributed by atoms with Crippen molar-refractivity contribution in [1.29, 1.82) is 0 Å². The molecule has 0 saturated carbocycles. The third-order valence-corrected chi connectivity index (χ3v) is 2.16. The van der Waals surface area contributed by atoms with E-state index < -0.39 is 4.32 Å². The molecule has 1 aromatic heterocycles. The third-order valence-electron chi connectivity index (χ3n) is 1.80. The molecule has 1 heterocycles. The molecule has 0 atom stereocenters. The molecule has 0 unspecified atom stereocenters. The van der Waals surface area contributed by atoms with Crippen LogP contribution in [0.3, 0.4) is 0 Å². The molecule has 4 nitrogen and oxygen atoms in total. The molecular weight excluding hydrogens is 248 g/mol. The first-order valence-corrected chi connectivity index (χ1v) is 5.06. The first-order valence-electron chi connectivity index (χ1n) is 4.27. The quantitative estimate of drug-likeness (QED) is 0.843. The van der Waals surface area contributed by atoms with E-state index in [2.05, 4.69) is 26.2 Å². The van der Waals surface area contributed by atoms with Crippen LogP contribution in [0.1, 0.15) is 25.3 Å². The van der Waals surface area contributed by atoms with Gasteiger partial charge in [-0.05, 0) is 20.8 Å². The molecule has 14 heavy (non-hydrogen) atoms. The zero-order valence-electron chi connectivity index (χ0n) is 8.43. The van der Waals surface area contributed by atoms with E-state index in [1.807, 2.05) is 6.92 Å². The summed E-state index contributed by atoms with van der Waals surface area (Å²) in [6, 6.07) is 0. The van der Waals surface area contributed by atoms with Crippen molar-refractivity contribution in [3.05, 3.63) is 17.8 Å². The number of aryl methyl sites for hydroxylation is 1. The van der Waals surface area contributed by atoms with Crippen LogP contribution in [0.4, 0.5) is 0 Å². The van der Waals surface area contributed by atoms with E-state index in [1.54, 1.807) is 13.8 Å². The molecule has 0 aliphatic carbocycles. The number of aromatic nitrogens is 1. The Morgan fingerprint density at radius 1 is 1.71 bits per heavy atom. The van der Waals surface area contributed by atoms with Crippen LogP contribution in [-0.4, -0.2) is 15.2 Å². The lowest BCUT2D eigenvalue weighted by molar-refractivity contribution is -0.122. The second-order valence-corrected chi connectivity index (χ2v) is 5.49. The fourth-order valence-electron chi connectivity index (χ4n) is 0.872. The van der Waals surface area contributed by atoms with Crippen molar-refractivity contribution >= 4 is 21.8 Å². The van der Waals surface area contributed by atoms with Crippen LogP contribution in [0.15, 0.2) is 10.8 Å². The van der Waals surface area contributed by atoms with Gasteiger partial charge < -0.3 is 9.73 Å². The summed E-state index contributed by atoms with van der Waals surface area (Å²) in [5.41, 5.74) is 0.759. The molecule has 0 aliphatic heterocycles. The van der Waals surface area contributed by atoms with Gasteiger partial charge in [-0.25, -0.2) is 4.98 Å². The SMILES string of the molecule is Cc1ocnc1CNC(=O)C(C)(C)Br. The van der Waals surface area contributed by atoms with E-state index in [1.165, 1.54) is 6.39 Å². The summed E-state index contributed by atoms with van der Waals surface area (Å²) in [4.78, 5) is 15.4. The standard InChI is InChI=1S/C9H13BrN2O2/c1-6-7(12-5-14-6)4-11-8(13)9(2,3)10/h5H,4H2,1-3H3,(H,11,13). The highest BCUT2D eigenvalue weighted by Gasteiger charge is 2.23. The Labute approximate surface area is 91.2 Å². The van der Waals surface area contributed by atoms with Crippen molar-refractivity contribution in [2.45, 2.75) is 31.6 Å². The maximum atomic E-state index is 11.5. The van der Waals surface area contributed by atoms with Gasteiger partial charge in [-0.2, -0.15) is 0 Å². The number of halogens is 1. The monoisotopic (exact) mass is 260 g/mol. The first-order chi connectivity index (χ1) is 6.41. The number of amides is 1. The minimum absolute atomic E-state index is 0.0695. The van der Waals surface area contributed by atoms with Crippen LogP contribution in [0.25, 0.3) is 0 Å². The van der Waals surface area contributed by atoms with Gasteiger partial charge in [0.25, 0.3) is 0 Å². The molecule has 0 saturated heterocycles. The van der Waals surface area contributed by atoms with E-state index in [-0.39, 0.29) is 5.91 Å². The molecule has 0 aromatic carbocycles. The van der Waals surface area contributed by atoms with Crippen LogP contribution >= 0.6 is 15.9 Å². The van der Waals surface area contributed by atoms with Crippen LogP contribution < -0.4 is 5.32 Å². The Morgan fingerprint density at radius 2 is 2.36 bits per heavy atom. The molecule has 0 bridgehead atoms. The van der Waals surface area contributed by atoms with Gasteiger partial charge in [0.2, 0.25) is 5.91 Å². The van der Waals surface area contributed by atoms with Gasteiger partial charge in [0.05, 0.1) is 10.9 Å². The predicted molar refractivity (Wildman–Crippen MR) is 56.1 cm³/mol. The molecule has 1 aromatic rings. The maximum absolute atomic E-state index is 11.5. The number of oxazole rings is 1. The number of carbonyl (C=O) groups is 1. The minimum Gasteiger partial charge on any atom is -0.448 e. The van der Waals surface area contributed by atoms with Crippen molar-refractivity contribution < 1.29 is 9.21 Å². The van der Waals surface area contributed by atoms with Crippen molar-refractivity contribution in [1.82, 2.24) is 10.3 Å². The first kappa shape index (κ1) is 11.2. The Kier molecular flexibility index (Phi) is 3.31. The van der Waals surface area contributed by atoms with Crippen molar-refractivity contribution in [2.24, 2.45) is 0 Å². The lowest BCUT2D eigenvalue weighted by Crippen LogP contribution is -2.37. The summed E-state index contributed by atoms with van der Waals surface area (Å²) in [7, 11) is 0. The van der Waals surface area contributed by atoms with Crippen LogP contribution in [0.2, 0.25) is 0 Å². The molecule has 1 amide bonds. The topological polar surface area (TPSA) is 55.1 Å². The third kappa shape index (κ3) is 2.83. The predicted octanol–water partition coefficient (Wildman–Crippen LogP) is 1.77. The average molecular weight is 261 g/mol. The van der Waals surface area contributed by atoms with Crippen LogP contribution in [0.5, 0.6) is 0 Å². The molecule has 0 spiro atoms. The molecule has 1 N–H and O–H groups in total. The normalized spacial score (nSPS) is 11.4. The smallest absolute Gasteiger partial charge is 0.236 e. The lowest BCUT2D eigenvalue weighted by atomic mass is 10.2. The Balaban J connectivity index is 2.50. The number of rotatable bonds is 3. The minimum atomic E-state index is -0.551. The molecule has 78 valence electrons. The van der Waals surface area contributed by atoms with E-state index in [9.17, 15) is 4.79 Å². The summed E-state index contributed by atoms with van der Waals surface area (Å²) >= 11 is 3.27. The molecular formula is C9H13BrN2O2. The second kappa shape index (κ2) is 4.13. The molecule has 0 radical (unpaired) electrons. The van der Waals surface area contributed by atoms with Gasteiger partial charge >= 0.3 is 0 Å². The van der Waals surface area contributed by atoms with Gasteiger partial charge in [0, 0.05) is 0 Å². The number of hydrogen-bond acceptors (Lipinski definition) is 3. The summed E-state index contributed by atoms with van der Waals surface area (Å²) in [6.07, 6.45) is 1.37. The zero-order chi connectivity index (χ0) is 10.8. The number of alkyl halides is 1. The number of nitrogens with zero attached hydrogens (tertiary/aromatic N) is 1. The highest BCUT2D eigenvalue weighted by atomic mass is 79.9. The van der Waals surface area contributed by atoms with Gasteiger partial charge in [0.15, 0.2) is 6.39 Å². The van der Waals surface area contributed by atoms with Gasteiger partial charge in [-0.15, -0.1) is 0 Å². The highest BCUT2D eigenvalue weighted by Crippen LogP contribution is 2.15. The lowest BCUT2D eigenvalue weighted by Gasteiger charge is -2.14. The summed E-state index contributed by atoms with van der Waals surface area (Å²) < 4.78 is 4.46. The van der Waals surface area contributed by atoms with E-state index in [4.69, 9.17) is 4.42 Å². The van der Waals surface area contributed by atoms with Crippen molar-refractivity contribution in [2.75, 3.05) is 0 Å². The molecule has 1 rings (SSSR count). The number of carbonyl (C=O) groups excluding carboxylic acids is 1. The Morgan fingerprint density at radius 3 is 2.79 bits per heavy atom. The Hall–Kier alpha value is -0.840. The maximum Gasteiger partial charge on any atom is 0.236 e. The zero-order valence-corrected chi connectivity index (χ0v) is 10.0. The van der Waals surface area contributed by atoms with Crippen molar-refractivity contribution in [3.63, 3.8) is 0 Å².